The summed E-state index contributed by atoms with van der Waals surface area (Å²) in [5.74, 6) is 0.603. The van der Waals surface area contributed by atoms with Crippen molar-refractivity contribution in [3.8, 4) is 11.5 Å². The Hall–Kier alpha value is -2.12. The maximum atomic E-state index is 13.1. The molecule has 0 radical (unpaired) electrons. The van der Waals surface area contributed by atoms with Crippen LogP contribution in [0, 0.1) is 5.82 Å². The van der Waals surface area contributed by atoms with E-state index in [0.717, 1.165) is 5.56 Å². The van der Waals surface area contributed by atoms with Crippen LogP contribution in [0.25, 0.3) is 0 Å². The summed E-state index contributed by atoms with van der Waals surface area (Å²) in [7, 11) is -3.71. The van der Waals surface area contributed by atoms with Crippen LogP contribution in [0.3, 0.4) is 0 Å². The van der Waals surface area contributed by atoms with Crippen molar-refractivity contribution in [1.29, 1.82) is 0 Å². The molecular weight excluding hydrogens is 321 g/mol. The quantitative estimate of drug-likeness (QED) is 0.932. The molecular formula is C16H14FNO4S. The van der Waals surface area contributed by atoms with E-state index in [1.165, 1.54) is 24.3 Å². The maximum absolute atomic E-state index is 13.1. The van der Waals surface area contributed by atoms with Crippen LogP contribution in [0.15, 0.2) is 47.4 Å². The second-order valence-electron chi connectivity index (χ2n) is 5.71. The van der Waals surface area contributed by atoms with Crippen molar-refractivity contribution in [2.75, 3.05) is 6.79 Å². The van der Waals surface area contributed by atoms with E-state index in [-0.39, 0.29) is 17.5 Å². The molecule has 2 aliphatic rings. The standard InChI is InChI=1S/C16H14FNO4S/c17-12-3-1-11(2-4-12)16(7-8-16)18-23(19,20)13-5-6-14-15(9-13)22-10-21-14/h1-6,9,18H,7-8,10H2. The Bertz CT molecular complexity index is 860. The lowest BCUT2D eigenvalue weighted by Crippen LogP contribution is -2.34. The lowest BCUT2D eigenvalue weighted by atomic mass is 10.1. The Morgan fingerprint density at radius 1 is 1.00 bits per heavy atom. The third-order valence-electron chi connectivity index (χ3n) is 4.13. The number of nitrogens with one attached hydrogen (secondary N) is 1. The molecule has 0 unspecified atom stereocenters. The Morgan fingerprint density at radius 3 is 2.39 bits per heavy atom. The second-order valence-corrected chi connectivity index (χ2v) is 7.39. The van der Waals surface area contributed by atoms with Crippen LogP contribution in [-0.2, 0) is 15.6 Å². The molecule has 0 bridgehead atoms. The predicted molar refractivity (Wildman–Crippen MR) is 80.2 cm³/mol. The van der Waals surface area contributed by atoms with Gasteiger partial charge in [0.2, 0.25) is 16.8 Å². The highest BCUT2D eigenvalue weighted by molar-refractivity contribution is 7.89. The van der Waals surface area contributed by atoms with Gasteiger partial charge in [-0.25, -0.2) is 17.5 Å². The fourth-order valence-corrected chi connectivity index (χ4v) is 4.17. The topological polar surface area (TPSA) is 64.6 Å². The minimum atomic E-state index is -3.71. The van der Waals surface area contributed by atoms with Gasteiger partial charge in [-0.15, -0.1) is 0 Å². The van der Waals surface area contributed by atoms with Crippen LogP contribution >= 0.6 is 0 Å². The number of hydrogen-bond acceptors (Lipinski definition) is 4. The van der Waals surface area contributed by atoms with Crippen LogP contribution in [0.2, 0.25) is 0 Å². The third kappa shape index (κ3) is 2.55. The van der Waals surface area contributed by atoms with E-state index >= 15 is 0 Å². The van der Waals surface area contributed by atoms with Crippen molar-refractivity contribution in [3.05, 3.63) is 53.8 Å². The Labute approximate surface area is 133 Å². The summed E-state index contributed by atoms with van der Waals surface area (Å²) in [6.45, 7) is 0.0891. The molecule has 1 aliphatic carbocycles. The summed E-state index contributed by atoms with van der Waals surface area (Å²) < 4.78 is 51.5. The molecule has 1 N–H and O–H groups in total. The molecule has 0 atom stereocenters. The van der Waals surface area contributed by atoms with Crippen LogP contribution < -0.4 is 14.2 Å². The van der Waals surface area contributed by atoms with E-state index in [9.17, 15) is 12.8 Å². The average molecular weight is 335 g/mol. The van der Waals surface area contributed by atoms with Gasteiger partial charge in [0.05, 0.1) is 10.4 Å². The fourth-order valence-electron chi connectivity index (χ4n) is 2.70. The van der Waals surface area contributed by atoms with E-state index in [1.807, 2.05) is 0 Å². The van der Waals surface area contributed by atoms with E-state index in [4.69, 9.17) is 9.47 Å². The van der Waals surface area contributed by atoms with Crippen molar-refractivity contribution >= 4 is 10.0 Å². The minimum Gasteiger partial charge on any atom is -0.454 e. The van der Waals surface area contributed by atoms with Gasteiger partial charge in [0, 0.05) is 6.07 Å². The first kappa shape index (κ1) is 14.5. The van der Waals surface area contributed by atoms with Crippen molar-refractivity contribution in [3.63, 3.8) is 0 Å². The van der Waals surface area contributed by atoms with E-state index in [1.54, 1.807) is 18.2 Å². The van der Waals surface area contributed by atoms with Gasteiger partial charge < -0.3 is 9.47 Å². The molecule has 2 aromatic carbocycles. The summed E-state index contributed by atoms with van der Waals surface area (Å²) in [4.78, 5) is 0.120. The number of benzene rings is 2. The Balaban J connectivity index is 1.63. The molecule has 1 fully saturated rings. The van der Waals surface area contributed by atoms with Crippen molar-refractivity contribution in [1.82, 2.24) is 4.72 Å². The van der Waals surface area contributed by atoms with Crippen molar-refractivity contribution in [2.45, 2.75) is 23.3 Å². The molecule has 7 heteroatoms. The second kappa shape index (κ2) is 4.94. The predicted octanol–water partition coefficient (Wildman–Crippen LogP) is 2.52. The van der Waals surface area contributed by atoms with Gasteiger partial charge >= 0.3 is 0 Å². The molecule has 23 heavy (non-hydrogen) atoms. The molecule has 2 aromatic rings. The number of rotatable bonds is 4. The van der Waals surface area contributed by atoms with Crippen molar-refractivity contribution < 1.29 is 22.3 Å². The van der Waals surface area contributed by atoms with E-state index < -0.39 is 15.6 Å². The summed E-state index contributed by atoms with van der Waals surface area (Å²) in [5, 5.41) is 0. The van der Waals surface area contributed by atoms with Gasteiger partial charge in [0.15, 0.2) is 11.5 Å². The van der Waals surface area contributed by atoms with E-state index in [0.29, 0.717) is 24.3 Å². The lowest BCUT2D eigenvalue weighted by molar-refractivity contribution is 0.174. The first-order valence-electron chi connectivity index (χ1n) is 7.18. The average Bonchev–Trinajstić information content (AvgIpc) is 3.13. The van der Waals surface area contributed by atoms with Crippen LogP contribution in [0.1, 0.15) is 18.4 Å². The highest BCUT2D eigenvalue weighted by Gasteiger charge is 2.47. The van der Waals surface area contributed by atoms with Gasteiger partial charge in [-0.05, 0) is 42.7 Å². The lowest BCUT2D eigenvalue weighted by Gasteiger charge is -2.18. The zero-order valence-electron chi connectivity index (χ0n) is 12.1. The number of fused-ring (bicyclic) bond motifs is 1. The van der Waals surface area contributed by atoms with Gasteiger partial charge in [-0.1, -0.05) is 12.1 Å². The third-order valence-corrected chi connectivity index (χ3v) is 5.66. The summed E-state index contributed by atoms with van der Waals surface area (Å²) in [6.07, 6.45) is 1.37. The van der Waals surface area contributed by atoms with Crippen LogP contribution in [0.5, 0.6) is 11.5 Å². The zero-order valence-corrected chi connectivity index (χ0v) is 12.9. The number of sulfonamides is 1. The van der Waals surface area contributed by atoms with Crippen molar-refractivity contribution in [2.24, 2.45) is 0 Å². The number of halogens is 1. The highest BCUT2D eigenvalue weighted by atomic mass is 32.2. The molecule has 1 saturated carbocycles. The Morgan fingerprint density at radius 2 is 1.70 bits per heavy atom. The molecule has 1 aliphatic heterocycles. The summed E-state index contributed by atoms with van der Waals surface area (Å²) in [5.41, 5.74) is 0.117. The molecule has 0 amide bonds. The molecule has 5 nitrogen and oxygen atoms in total. The molecule has 120 valence electrons. The summed E-state index contributed by atoms with van der Waals surface area (Å²) in [6, 6.07) is 10.4. The maximum Gasteiger partial charge on any atom is 0.241 e. The molecule has 0 saturated heterocycles. The highest BCUT2D eigenvalue weighted by Crippen LogP contribution is 2.47. The fraction of sp³-hybridized carbons (Fsp3) is 0.250. The monoisotopic (exact) mass is 335 g/mol. The van der Waals surface area contributed by atoms with Gasteiger partial charge in [-0.3, -0.25) is 0 Å². The van der Waals surface area contributed by atoms with Gasteiger partial charge in [-0.2, -0.15) is 0 Å². The zero-order chi connectivity index (χ0) is 16.1. The SMILES string of the molecule is O=S(=O)(NC1(c2ccc(F)cc2)CC1)c1ccc2c(c1)OCO2. The molecule has 0 spiro atoms. The number of ether oxygens (including phenoxy) is 2. The minimum absolute atomic E-state index is 0.0891. The first-order valence-corrected chi connectivity index (χ1v) is 8.67. The molecule has 4 rings (SSSR count). The normalized spacial score (nSPS) is 18.0. The van der Waals surface area contributed by atoms with E-state index in [2.05, 4.69) is 4.72 Å². The Kier molecular flexibility index (Phi) is 3.11. The van der Waals surface area contributed by atoms with Crippen LogP contribution in [-0.4, -0.2) is 15.2 Å². The largest absolute Gasteiger partial charge is 0.454 e. The molecule has 1 heterocycles. The number of hydrogen-bond donors (Lipinski definition) is 1. The first-order chi connectivity index (χ1) is 11.0. The smallest absolute Gasteiger partial charge is 0.241 e. The van der Waals surface area contributed by atoms with Gasteiger partial charge in [0.1, 0.15) is 5.82 Å². The van der Waals surface area contributed by atoms with Crippen LogP contribution in [0.4, 0.5) is 4.39 Å². The van der Waals surface area contributed by atoms with Gasteiger partial charge in [0.25, 0.3) is 0 Å². The summed E-state index contributed by atoms with van der Waals surface area (Å²) >= 11 is 0. The molecule has 0 aromatic heterocycles.